The molecule has 0 aliphatic carbocycles. The molecule has 0 saturated carbocycles. The van der Waals surface area contributed by atoms with Crippen molar-refractivity contribution in [3.63, 3.8) is 0 Å². The third-order valence-corrected chi connectivity index (χ3v) is 5.65. The zero-order valence-electron chi connectivity index (χ0n) is 17.0. The Hall–Kier alpha value is -3.91. The summed E-state index contributed by atoms with van der Waals surface area (Å²) in [4.78, 5) is 35.0. The van der Waals surface area contributed by atoms with E-state index in [-0.39, 0.29) is 5.69 Å². The van der Waals surface area contributed by atoms with E-state index < -0.39 is 5.54 Å². The fraction of sp³-hybridized carbons (Fsp3) is 0.350. The quantitative estimate of drug-likeness (QED) is 0.526. The second-order valence-corrected chi connectivity index (χ2v) is 7.48. The highest BCUT2D eigenvalue weighted by molar-refractivity contribution is 5.78. The summed E-state index contributed by atoms with van der Waals surface area (Å²) < 4.78 is 8.37. The van der Waals surface area contributed by atoms with Crippen LogP contribution in [0.25, 0.3) is 22.3 Å². The van der Waals surface area contributed by atoms with Crippen molar-refractivity contribution >= 4 is 34.0 Å². The van der Waals surface area contributed by atoms with Crippen molar-refractivity contribution < 1.29 is 4.74 Å². The molecule has 5 heterocycles. The number of pyridine rings is 1. The molecule has 0 bridgehead atoms. The molecule has 11 heteroatoms. The summed E-state index contributed by atoms with van der Waals surface area (Å²) in [5.74, 6) is 0.292. The van der Waals surface area contributed by atoms with Gasteiger partial charge in [-0.05, 0) is 13.0 Å². The maximum absolute atomic E-state index is 13.0. The SMILES string of the molecule is Cc1nc2nccnc2cc1Nc1ncc2c(n1)n(C1(C#N)CCOCC1)c(=O)n2C. The van der Waals surface area contributed by atoms with Crippen LogP contribution in [0, 0.1) is 18.3 Å². The van der Waals surface area contributed by atoms with Gasteiger partial charge in [-0.15, -0.1) is 0 Å². The van der Waals surface area contributed by atoms with Crippen molar-refractivity contribution in [1.29, 1.82) is 5.26 Å². The maximum atomic E-state index is 13.0. The number of nitriles is 1. The van der Waals surface area contributed by atoms with Crippen LogP contribution in [-0.4, -0.2) is 47.3 Å². The normalized spacial score (nSPS) is 15.8. The number of hydrogen-bond donors (Lipinski definition) is 1. The average molecular weight is 417 g/mol. The van der Waals surface area contributed by atoms with E-state index in [4.69, 9.17) is 4.74 Å². The van der Waals surface area contributed by atoms with Crippen molar-refractivity contribution in [3.8, 4) is 6.07 Å². The van der Waals surface area contributed by atoms with Crippen LogP contribution >= 0.6 is 0 Å². The van der Waals surface area contributed by atoms with E-state index in [2.05, 4.69) is 36.3 Å². The highest BCUT2D eigenvalue weighted by atomic mass is 16.5. The fourth-order valence-electron chi connectivity index (χ4n) is 3.89. The van der Waals surface area contributed by atoms with Crippen molar-refractivity contribution in [2.24, 2.45) is 7.05 Å². The summed E-state index contributed by atoms with van der Waals surface area (Å²) in [6.45, 7) is 2.67. The van der Waals surface area contributed by atoms with Crippen LogP contribution in [0.4, 0.5) is 11.6 Å². The number of fused-ring (bicyclic) bond motifs is 2. The molecule has 0 unspecified atom stereocenters. The van der Waals surface area contributed by atoms with Crippen molar-refractivity contribution in [3.05, 3.63) is 40.8 Å². The molecule has 156 valence electrons. The molecule has 4 aromatic rings. The first-order chi connectivity index (χ1) is 15.0. The lowest BCUT2D eigenvalue weighted by atomic mass is 9.91. The molecule has 0 aromatic carbocycles. The smallest absolute Gasteiger partial charge is 0.331 e. The molecule has 0 atom stereocenters. The Morgan fingerprint density at radius 3 is 2.74 bits per heavy atom. The van der Waals surface area contributed by atoms with Gasteiger partial charge in [-0.3, -0.25) is 14.1 Å². The van der Waals surface area contributed by atoms with E-state index in [0.717, 1.165) is 0 Å². The topological polar surface area (TPSA) is 136 Å². The second kappa shape index (κ2) is 7.10. The minimum Gasteiger partial charge on any atom is -0.381 e. The van der Waals surface area contributed by atoms with Gasteiger partial charge in [0.15, 0.2) is 11.3 Å². The number of aryl methyl sites for hydroxylation is 2. The van der Waals surface area contributed by atoms with Gasteiger partial charge in [0.25, 0.3) is 0 Å². The van der Waals surface area contributed by atoms with E-state index in [9.17, 15) is 10.1 Å². The lowest BCUT2D eigenvalue weighted by Gasteiger charge is -2.31. The van der Waals surface area contributed by atoms with Gasteiger partial charge in [0.1, 0.15) is 16.6 Å². The number of nitrogens with one attached hydrogen (secondary N) is 1. The number of nitrogens with zero attached hydrogens (tertiary/aromatic N) is 8. The number of imidazole rings is 1. The first kappa shape index (κ1) is 19.1. The molecule has 1 fully saturated rings. The number of aromatic nitrogens is 7. The molecule has 1 aliphatic rings. The number of anilines is 2. The van der Waals surface area contributed by atoms with Gasteiger partial charge in [-0.1, -0.05) is 0 Å². The summed E-state index contributed by atoms with van der Waals surface area (Å²) in [6, 6.07) is 4.17. The van der Waals surface area contributed by atoms with Gasteiger partial charge in [0.2, 0.25) is 5.95 Å². The zero-order chi connectivity index (χ0) is 21.6. The summed E-state index contributed by atoms with van der Waals surface area (Å²) in [5.41, 5.74) is 2.22. The standard InChI is InChI=1S/C20H19N9O2/c1-12-13(9-14-16(25-12)23-6-5-22-14)26-18-24-10-15-17(27-18)29(19(30)28(15)2)20(11-21)3-7-31-8-4-20/h5-6,9-10H,3-4,7-8H2,1-2H3,(H,24,26,27). The summed E-state index contributed by atoms with van der Waals surface area (Å²) >= 11 is 0. The van der Waals surface area contributed by atoms with Crippen LogP contribution in [0.5, 0.6) is 0 Å². The Bertz CT molecular complexity index is 1410. The molecule has 4 aromatic heterocycles. The number of hydrogen-bond acceptors (Lipinski definition) is 9. The first-order valence-corrected chi connectivity index (χ1v) is 9.82. The molecule has 1 N–H and O–H groups in total. The lowest BCUT2D eigenvalue weighted by Crippen LogP contribution is -2.44. The van der Waals surface area contributed by atoms with Crippen LogP contribution in [0.2, 0.25) is 0 Å². The zero-order valence-corrected chi connectivity index (χ0v) is 17.0. The molecule has 0 amide bonds. The molecule has 1 saturated heterocycles. The molecule has 0 spiro atoms. The van der Waals surface area contributed by atoms with E-state index in [1.165, 1.54) is 9.13 Å². The maximum Gasteiger partial charge on any atom is 0.331 e. The third-order valence-electron chi connectivity index (χ3n) is 5.65. The monoisotopic (exact) mass is 417 g/mol. The minimum absolute atomic E-state index is 0.292. The van der Waals surface area contributed by atoms with E-state index >= 15 is 0 Å². The first-order valence-electron chi connectivity index (χ1n) is 9.82. The Morgan fingerprint density at radius 1 is 1.19 bits per heavy atom. The molecular formula is C20H19N9O2. The minimum atomic E-state index is -1.00. The predicted molar refractivity (Wildman–Crippen MR) is 112 cm³/mol. The van der Waals surface area contributed by atoms with Gasteiger partial charge >= 0.3 is 5.69 Å². The second-order valence-electron chi connectivity index (χ2n) is 7.48. The highest BCUT2D eigenvalue weighted by Gasteiger charge is 2.38. The largest absolute Gasteiger partial charge is 0.381 e. The van der Waals surface area contributed by atoms with E-state index in [0.29, 0.717) is 65.7 Å². The predicted octanol–water partition coefficient (Wildman–Crippen LogP) is 1.55. The van der Waals surface area contributed by atoms with Gasteiger partial charge < -0.3 is 10.1 Å². The van der Waals surface area contributed by atoms with Crippen LogP contribution in [0.15, 0.2) is 29.5 Å². The molecule has 31 heavy (non-hydrogen) atoms. The van der Waals surface area contributed by atoms with Crippen molar-refractivity contribution in [1.82, 2.24) is 34.1 Å². The lowest BCUT2D eigenvalue weighted by molar-refractivity contribution is 0.0448. The van der Waals surface area contributed by atoms with Crippen molar-refractivity contribution in [2.75, 3.05) is 18.5 Å². The Kier molecular flexibility index (Phi) is 4.37. The third kappa shape index (κ3) is 3.00. The van der Waals surface area contributed by atoms with Gasteiger partial charge in [0, 0.05) is 45.5 Å². The van der Waals surface area contributed by atoms with Gasteiger partial charge in [-0.2, -0.15) is 10.2 Å². The summed E-state index contributed by atoms with van der Waals surface area (Å²) in [5, 5.41) is 13.1. The summed E-state index contributed by atoms with van der Waals surface area (Å²) in [6.07, 6.45) is 5.61. The van der Waals surface area contributed by atoms with Crippen LogP contribution in [0.3, 0.4) is 0 Å². The van der Waals surface area contributed by atoms with E-state index in [1.54, 1.807) is 25.6 Å². The number of rotatable bonds is 3. The van der Waals surface area contributed by atoms with Gasteiger partial charge in [0.05, 0.1) is 23.6 Å². The van der Waals surface area contributed by atoms with Crippen molar-refractivity contribution in [2.45, 2.75) is 25.3 Å². The van der Waals surface area contributed by atoms with Gasteiger partial charge in [-0.25, -0.2) is 19.7 Å². The van der Waals surface area contributed by atoms with Crippen LogP contribution < -0.4 is 11.0 Å². The highest BCUT2D eigenvalue weighted by Crippen LogP contribution is 2.30. The van der Waals surface area contributed by atoms with E-state index in [1.807, 2.05) is 13.0 Å². The van der Waals surface area contributed by atoms with Crippen LogP contribution in [-0.2, 0) is 17.3 Å². The molecule has 1 aliphatic heterocycles. The molecule has 5 rings (SSSR count). The van der Waals surface area contributed by atoms with Crippen LogP contribution in [0.1, 0.15) is 18.5 Å². The Balaban J connectivity index is 1.63. The Labute approximate surface area is 176 Å². The fourth-order valence-corrected chi connectivity index (χ4v) is 3.89. The molecule has 0 radical (unpaired) electrons. The Morgan fingerprint density at radius 2 is 1.97 bits per heavy atom. The number of ether oxygens (including phenoxy) is 1. The summed E-state index contributed by atoms with van der Waals surface area (Å²) in [7, 11) is 1.65. The molecular weight excluding hydrogens is 398 g/mol. The average Bonchev–Trinajstić information content (AvgIpc) is 3.04. The molecule has 11 nitrogen and oxygen atoms in total.